The third-order valence-electron chi connectivity index (χ3n) is 7.58. The van der Waals surface area contributed by atoms with Crippen molar-refractivity contribution in [1.29, 1.82) is 0 Å². The lowest BCUT2D eigenvalue weighted by molar-refractivity contribution is -0.000673. The van der Waals surface area contributed by atoms with Crippen molar-refractivity contribution in [2.75, 3.05) is 26.2 Å². The largest absolute Gasteiger partial charge is 0.465 e. The van der Waals surface area contributed by atoms with Gasteiger partial charge in [0.1, 0.15) is 0 Å². The zero-order valence-electron chi connectivity index (χ0n) is 21.7. The van der Waals surface area contributed by atoms with Gasteiger partial charge in [-0.3, -0.25) is 14.9 Å². The fourth-order valence-electron chi connectivity index (χ4n) is 5.71. The van der Waals surface area contributed by atoms with Crippen LogP contribution in [0.2, 0.25) is 0 Å². The second-order valence-electron chi connectivity index (χ2n) is 10.2. The first-order chi connectivity index (χ1) is 17.5. The van der Waals surface area contributed by atoms with E-state index >= 15 is 0 Å². The summed E-state index contributed by atoms with van der Waals surface area (Å²) < 4.78 is 5.83. The molecular weight excluding hydrogens is 454 g/mol. The number of pyridine rings is 2. The number of aromatic nitrogens is 2. The maximum atomic E-state index is 10.8. The van der Waals surface area contributed by atoms with Gasteiger partial charge >= 0.3 is 6.09 Å². The Morgan fingerprint density at radius 2 is 1.69 bits per heavy atom. The van der Waals surface area contributed by atoms with Crippen LogP contribution in [-0.4, -0.2) is 64.5 Å². The highest BCUT2D eigenvalue weighted by Crippen LogP contribution is 2.42. The Labute approximate surface area is 214 Å². The van der Waals surface area contributed by atoms with Crippen molar-refractivity contribution in [3.63, 3.8) is 0 Å². The molecule has 0 unspecified atom stereocenters. The quantitative estimate of drug-likeness (QED) is 0.416. The summed E-state index contributed by atoms with van der Waals surface area (Å²) in [5.74, 6) is 0. The molecule has 2 aromatic rings. The number of hydrogen-bond acceptors (Lipinski definition) is 6. The molecule has 2 saturated heterocycles. The number of unbranched alkanes of at least 4 members (excludes halogenated alkanes) is 1. The molecule has 0 bridgehead atoms. The van der Waals surface area contributed by atoms with Crippen LogP contribution in [0.1, 0.15) is 79.5 Å². The lowest BCUT2D eigenvalue weighted by Gasteiger charge is -2.42. The van der Waals surface area contributed by atoms with Gasteiger partial charge in [-0.25, -0.2) is 4.79 Å². The first-order valence-corrected chi connectivity index (χ1v) is 13.4. The van der Waals surface area contributed by atoms with Gasteiger partial charge in [0.15, 0.2) is 0 Å². The van der Waals surface area contributed by atoms with Gasteiger partial charge in [-0.1, -0.05) is 12.1 Å². The molecule has 0 saturated carbocycles. The SMILES string of the molecule is Cc1cccnc1[C@H]1CCC[C@@H](c2ncccc2C)N1CCCCNC[C@@H]1CC[C@@H](NC(=O)O)CO1. The summed E-state index contributed by atoms with van der Waals surface area (Å²) in [5, 5.41) is 14.9. The molecule has 4 rings (SSSR count). The van der Waals surface area contributed by atoms with Crippen LogP contribution in [0.4, 0.5) is 4.79 Å². The maximum absolute atomic E-state index is 10.8. The minimum atomic E-state index is -0.977. The highest BCUT2D eigenvalue weighted by Gasteiger charge is 2.34. The van der Waals surface area contributed by atoms with Gasteiger partial charge in [0.25, 0.3) is 0 Å². The summed E-state index contributed by atoms with van der Waals surface area (Å²) in [4.78, 5) is 23.1. The highest BCUT2D eigenvalue weighted by molar-refractivity contribution is 5.64. The molecule has 4 heterocycles. The number of hydrogen-bond donors (Lipinski definition) is 3. The van der Waals surface area contributed by atoms with Gasteiger partial charge in [-0.05, 0) is 95.1 Å². The summed E-state index contributed by atoms with van der Waals surface area (Å²) in [5.41, 5.74) is 4.94. The summed E-state index contributed by atoms with van der Waals surface area (Å²) in [6.07, 6.45) is 10.4. The van der Waals surface area contributed by atoms with Crippen molar-refractivity contribution in [3.05, 3.63) is 59.2 Å². The van der Waals surface area contributed by atoms with E-state index in [9.17, 15) is 4.79 Å². The first-order valence-electron chi connectivity index (χ1n) is 13.4. The van der Waals surface area contributed by atoms with Gasteiger partial charge in [0.05, 0.1) is 42.2 Å². The fourth-order valence-corrected chi connectivity index (χ4v) is 5.71. The summed E-state index contributed by atoms with van der Waals surface area (Å²) in [7, 11) is 0. The van der Waals surface area contributed by atoms with Crippen LogP contribution in [0.25, 0.3) is 0 Å². The van der Waals surface area contributed by atoms with Gasteiger partial charge in [0.2, 0.25) is 0 Å². The summed E-state index contributed by atoms with van der Waals surface area (Å²) in [6, 6.07) is 8.95. The first kappa shape index (κ1) is 26.5. The van der Waals surface area contributed by atoms with Gasteiger partial charge in [-0.15, -0.1) is 0 Å². The van der Waals surface area contributed by atoms with E-state index in [-0.39, 0.29) is 12.1 Å². The Kier molecular flexibility index (Phi) is 9.67. The molecule has 2 aromatic heterocycles. The predicted octanol–water partition coefficient (Wildman–Crippen LogP) is 4.55. The number of rotatable bonds is 10. The van der Waals surface area contributed by atoms with Crippen LogP contribution in [0.15, 0.2) is 36.7 Å². The highest BCUT2D eigenvalue weighted by atomic mass is 16.5. The number of nitrogens with zero attached hydrogens (tertiary/aromatic N) is 3. The molecule has 8 heteroatoms. The molecule has 196 valence electrons. The van der Waals surface area contributed by atoms with E-state index in [0.717, 1.165) is 58.2 Å². The Morgan fingerprint density at radius 1 is 1.03 bits per heavy atom. The molecule has 0 aromatic carbocycles. The molecule has 8 nitrogen and oxygen atoms in total. The van der Waals surface area contributed by atoms with Crippen molar-refractivity contribution in [2.24, 2.45) is 0 Å². The minimum Gasteiger partial charge on any atom is -0.465 e. The van der Waals surface area contributed by atoms with E-state index in [1.54, 1.807) is 0 Å². The molecule has 2 fully saturated rings. The second kappa shape index (κ2) is 13.1. The maximum Gasteiger partial charge on any atom is 0.404 e. The molecule has 0 aliphatic carbocycles. The average molecular weight is 496 g/mol. The number of aryl methyl sites for hydroxylation is 2. The Morgan fingerprint density at radius 3 is 2.25 bits per heavy atom. The monoisotopic (exact) mass is 495 g/mol. The Hall–Kier alpha value is -2.55. The van der Waals surface area contributed by atoms with E-state index < -0.39 is 6.09 Å². The van der Waals surface area contributed by atoms with Crippen LogP contribution >= 0.6 is 0 Å². The third kappa shape index (κ3) is 7.02. The zero-order chi connectivity index (χ0) is 25.3. The van der Waals surface area contributed by atoms with Gasteiger partial charge < -0.3 is 20.5 Å². The molecule has 0 radical (unpaired) electrons. The zero-order valence-corrected chi connectivity index (χ0v) is 21.7. The number of amides is 1. The van der Waals surface area contributed by atoms with Gasteiger partial charge in [0, 0.05) is 18.9 Å². The van der Waals surface area contributed by atoms with Crippen molar-refractivity contribution < 1.29 is 14.6 Å². The number of carboxylic acid groups (broad SMARTS) is 1. The van der Waals surface area contributed by atoms with Crippen molar-refractivity contribution >= 4 is 6.09 Å². The van der Waals surface area contributed by atoms with Crippen LogP contribution in [-0.2, 0) is 4.74 Å². The molecule has 1 amide bonds. The summed E-state index contributed by atoms with van der Waals surface area (Å²) >= 11 is 0. The van der Waals surface area contributed by atoms with Crippen LogP contribution in [0, 0.1) is 13.8 Å². The molecule has 2 aliphatic rings. The minimum absolute atomic E-state index is 0.0883. The van der Waals surface area contributed by atoms with E-state index in [1.165, 1.54) is 28.9 Å². The van der Waals surface area contributed by atoms with Crippen LogP contribution in [0.5, 0.6) is 0 Å². The number of piperidine rings is 1. The lowest BCUT2D eigenvalue weighted by atomic mass is 9.88. The van der Waals surface area contributed by atoms with Crippen molar-refractivity contribution in [3.8, 4) is 0 Å². The van der Waals surface area contributed by atoms with Crippen LogP contribution in [0.3, 0.4) is 0 Å². The third-order valence-corrected chi connectivity index (χ3v) is 7.58. The van der Waals surface area contributed by atoms with E-state index in [2.05, 4.69) is 41.5 Å². The topological polar surface area (TPSA) is 99.6 Å². The fraction of sp³-hybridized carbons (Fsp3) is 0.607. The van der Waals surface area contributed by atoms with E-state index in [4.69, 9.17) is 19.8 Å². The normalized spacial score (nSPS) is 24.9. The number of carbonyl (C=O) groups is 1. The van der Waals surface area contributed by atoms with Gasteiger partial charge in [-0.2, -0.15) is 0 Å². The number of ether oxygens (including phenoxy) is 1. The Balaban J connectivity index is 1.30. The van der Waals surface area contributed by atoms with E-state index in [1.807, 2.05) is 24.5 Å². The lowest BCUT2D eigenvalue weighted by Crippen LogP contribution is -2.44. The molecule has 4 atom stereocenters. The predicted molar refractivity (Wildman–Crippen MR) is 140 cm³/mol. The molecule has 36 heavy (non-hydrogen) atoms. The average Bonchev–Trinajstić information content (AvgIpc) is 2.87. The molecule has 3 N–H and O–H groups in total. The smallest absolute Gasteiger partial charge is 0.404 e. The molecular formula is C28H41N5O3. The van der Waals surface area contributed by atoms with Crippen LogP contribution < -0.4 is 10.6 Å². The van der Waals surface area contributed by atoms with Crippen molar-refractivity contribution in [1.82, 2.24) is 25.5 Å². The standard InChI is InChI=1S/C28H41N5O3/c1-20-8-6-15-30-26(20)24-10-5-11-25(27-21(2)9-7-16-31-27)33(24)17-4-3-14-29-18-23-13-12-22(19-36-23)32-28(34)35/h6-9,15-16,22-25,29,32H,3-5,10-14,17-19H2,1-2H3,(H,34,35)/t22-,23+,24-,25+/m1/s1. The summed E-state index contributed by atoms with van der Waals surface area (Å²) in [6.45, 7) is 7.59. The number of nitrogens with one attached hydrogen (secondary N) is 2. The molecule has 2 aliphatic heterocycles. The van der Waals surface area contributed by atoms with Crippen molar-refractivity contribution in [2.45, 2.75) is 83.0 Å². The number of likely N-dealkylation sites (tertiary alicyclic amines) is 1. The Bertz CT molecular complexity index is 926. The second-order valence-corrected chi connectivity index (χ2v) is 10.2. The molecule has 0 spiro atoms. The van der Waals surface area contributed by atoms with E-state index in [0.29, 0.717) is 18.7 Å².